The van der Waals surface area contributed by atoms with Gasteiger partial charge in [-0.15, -0.1) is 0 Å². The molecule has 1 heterocycles. The molecule has 0 radical (unpaired) electrons. The molecule has 1 aromatic heterocycles. The Bertz CT molecular complexity index is 613. The maximum Gasteiger partial charge on any atom is 0.178 e. The Hall–Kier alpha value is -2.68. The van der Waals surface area contributed by atoms with Crippen LogP contribution >= 0.6 is 0 Å². The molecule has 0 spiro atoms. The van der Waals surface area contributed by atoms with E-state index in [2.05, 4.69) is 11.1 Å². The van der Waals surface area contributed by atoms with Crippen LogP contribution in [0.25, 0.3) is 5.69 Å². The van der Waals surface area contributed by atoms with Crippen LogP contribution < -0.4 is 15.2 Å². The second kappa shape index (κ2) is 4.67. The molecule has 0 aliphatic rings. The lowest BCUT2D eigenvalue weighted by atomic mass is 10.1. The van der Waals surface area contributed by atoms with Gasteiger partial charge in [-0.25, -0.2) is 4.98 Å². The average molecular weight is 244 g/mol. The fraction of sp³-hybridized carbons (Fsp3) is 0.167. The number of nitrogens with zero attached hydrogens (tertiary/aromatic N) is 3. The van der Waals surface area contributed by atoms with Gasteiger partial charge in [0.1, 0.15) is 18.2 Å². The van der Waals surface area contributed by atoms with Crippen LogP contribution in [0.15, 0.2) is 24.7 Å². The molecule has 0 amide bonds. The summed E-state index contributed by atoms with van der Waals surface area (Å²) in [7, 11) is 3.01. The van der Waals surface area contributed by atoms with Crippen LogP contribution in [0.1, 0.15) is 5.56 Å². The van der Waals surface area contributed by atoms with E-state index in [1.165, 1.54) is 14.2 Å². The van der Waals surface area contributed by atoms with Gasteiger partial charge in [0.2, 0.25) is 0 Å². The van der Waals surface area contributed by atoms with Crippen LogP contribution in [-0.4, -0.2) is 23.8 Å². The highest BCUT2D eigenvalue weighted by Gasteiger charge is 2.13. The zero-order valence-electron chi connectivity index (χ0n) is 10.0. The number of benzene rings is 1. The number of methoxy groups -OCH3 is 2. The molecule has 0 unspecified atom stereocenters. The summed E-state index contributed by atoms with van der Waals surface area (Å²) >= 11 is 0. The number of nitrogens with two attached hydrogens (primary N) is 1. The second-order valence-corrected chi connectivity index (χ2v) is 3.55. The predicted octanol–water partition coefficient (Wildman–Crippen LogP) is 1.34. The lowest BCUT2D eigenvalue weighted by Gasteiger charge is -2.11. The van der Waals surface area contributed by atoms with Crippen molar-refractivity contribution in [3.8, 4) is 23.3 Å². The van der Waals surface area contributed by atoms with Gasteiger partial charge < -0.3 is 19.8 Å². The quantitative estimate of drug-likeness (QED) is 0.880. The molecule has 2 aromatic rings. The fourth-order valence-corrected chi connectivity index (χ4v) is 1.66. The van der Waals surface area contributed by atoms with E-state index >= 15 is 0 Å². The van der Waals surface area contributed by atoms with Gasteiger partial charge >= 0.3 is 0 Å². The summed E-state index contributed by atoms with van der Waals surface area (Å²) < 4.78 is 12.1. The zero-order chi connectivity index (χ0) is 13.1. The standard InChI is InChI=1S/C12H12N4O2/c1-17-10-4-9(16-6-11(14)15-7-16)3-8(5-13)12(10)18-2/h3-4,6-7H,14H2,1-2H3. The SMILES string of the molecule is COc1cc(-n2cnc(N)c2)cc(C#N)c1OC. The van der Waals surface area contributed by atoms with Crippen molar-refractivity contribution >= 4 is 5.82 Å². The van der Waals surface area contributed by atoms with Gasteiger partial charge in [-0.2, -0.15) is 5.26 Å². The minimum Gasteiger partial charge on any atom is -0.493 e. The lowest BCUT2D eigenvalue weighted by Crippen LogP contribution is -1.98. The van der Waals surface area contributed by atoms with Crippen molar-refractivity contribution in [3.05, 3.63) is 30.2 Å². The third-order valence-corrected chi connectivity index (χ3v) is 2.48. The second-order valence-electron chi connectivity index (χ2n) is 3.55. The summed E-state index contributed by atoms with van der Waals surface area (Å²) in [6.07, 6.45) is 3.22. The first-order chi connectivity index (χ1) is 8.69. The number of rotatable bonds is 3. The number of nitriles is 1. The maximum absolute atomic E-state index is 9.11. The molecule has 6 nitrogen and oxygen atoms in total. The molecule has 0 bridgehead atoms. The summed E-state index contributed by atoms with van der Waals surface area (Å²) in [4.78, 5) is 3.93. The van der Waals surface area contributed by atoms with Crippen LogP contribution in [0.2, 0.25) is 0 Å². The van der Waals surface area contributed by atoms with Crippen molar-refractivity contribution in [1.29, 1.82) is 5.26 Å². The van der Waals surface area contributed by atoms with E-state index in [9.17, 15) is 0 Å². The molecule has 18 heavy (non-hydrogen) atoms. The maximum atomic E-state index is 9.11. The van der Waals surface area contributed by atoms with E-state index < -0.39 is 0 Å². The van der Waals surface area contributed by atoms with Crippen LogP contribution in [-0.2, 0) is 0 Å². The Balaban J connectivity index is 2.61. The Morgan fingerprint density at radius 1 is 1.33 bits per heavy atom. The zero-order valence-corrected chi connectivity index (χ0v) is 10.0. The molecule has 0 aliphatic carbocycles. The Kier molecular flexibility index (Phi) is 3.06. The average Bonchev–Trinajstić information content (AvgIpc) is 2.83. The molecule has 0 saturated heterocycles. The first-order valence-corrected chi connectivity index (χ1v) is 5.15. The van der Waals surface area contributed by atoms with Crippen LogP contribution in [0.3, 0.4) is 0 Å². The molecular formula is C12H12N4O2. The first-order valence-electron chi connectivity index (χ1n) is 5.15. The number of hydrogen-bond donors (Lipinski definition) is 1. The van der Waals surface area contributed by atoms with E-state index in [1.54, 1.807) is 29.2 Å². The van der Waals surface area contributed by atoms with Gasteiger partial charge in [0.15, 0.2) is 11.5 Å². The van der Waals surface area contributed by atoms with Crippen molar-refractivity contribution in [2.75, 3.05) is 20.0 Å². The Morgan fingerprint density at radius 3 is 2.61 bits per heavy atom. The molecular weight excluding hydrogens is 232 g/mol. The van der Waals surface area contributed by atoms with Gasteiger partial charge in [-0.05, 0) is 6.07 Å². The van der Waals surface area contributed by atoms with Crippen molar-refractivity contribution in [2.45, 2.75) is 0 Å². The Labute approximate surface area is 104 Å². The highest BCUT2D eigenvalue weighted by Crippen LogP contribution is 2.33. The van der Waals surface area contributed by atoms with E-state index in [1.807, 2.05) is 0 Å². The lowest BCUT2D eigenvalue weighted by molar-refractivity contribution is 0.354. The number of anilines is 1. The van der Waals surface area contributed by atoms with Gasteiger partial charge in [0.05, 0.1) is 31.7 Å². The Morgan fingerprint density at radius 2 is 2.11 bits per heavy atom. The summed E-state index contributed by atoms with van der Waals surface area (Å²) in [6.45, 7) is 0. The summed E-state index contributed by atoms with van der Waals surface area (Å²) in [6, 6.07) is 5.50. The summed E-state index contributed by atoms with van der Waals surface area (Å²) in [5.74, 6) is 1.30. The molecule has 2 N–H and O–H groups in total. The molecule has 2 rings (SSSR count). The molecule has 92 valence electrons. The topological polar surface area (TPSA) is 86.1 Å². The van der Waals surface area contributed by atoms with Crippen LogP contribution in [0, 0.1) is 11.3 Å². The first kappa shape index (κ1) is 11.8. The van der Waals surface area contributed by atoms with Crippen molar-refractivity contribution in [2.24, 2.45) is 0 Å². The highest BCUT2D eigenvalue weighted by molar-refractivity contribution is 5.59. The minimum atomic E-state index is 0.388. The molecule has 1 aromatic carbocycles. The molecule has 0 aliphatic heterocycles. The largest absolute Gasteiger partial charge is 0.493 e. The van der Waals surface area contributed by atoms with Gasteiger partial charge in [0.25, 0.3) is 0 Å². The number of ether oxygens (including phenoxy) is 2. The van der Waals surface area contributed by atoms with Gasteiger partial charge in [-0.1, -0.05) is 0 Å². The van der Waals surface area contributed by atoms with Crippen LogP contribution in [0.4, 0.5) is 5.82 Å². The minimum absolute atomic E-state index is 0.388. The van der Waals surface area contributed by atoms with Gasteiger partial charge in [-0.3, -0.25) is 0 Å². The summed E-state index contributed by atoms with van der Waals surface area (Å²) in [5, 5.41) is 9.11. The van der Waals surface area contributed by atoms with E-state index in [0.717, 1.165) is 5.69 Å². The normalized spacial score (nSPS) is 9.83. The number of nitrogen functional groups attached to an aromatic ring is 1. The number of imidazole rings is 1. The molecule has 0 atom stereocenters. The third-order valence-electron chi connectivity index (χ3n) is 2.48. The van der Waals surface area contributed by atoms with E-state index in [4.69, 9.17) is 20.5 Å². The monoisotopic (exact) mass is 244 g/mol. The number of aromatic nitrogens is 2. The van der Waals surface area contributed by atoms with Crippen LogP contribution in [0.5, 0.6) is 11.5 Å². The fourth-order valence-electron chi connectivity index (χ4n) is 1.66. The van der Waals surface area contributed by atoms with Crippen molar-refractivity contribution in [1.82, 2.24) is 9.55 Å². The van der Waals surface area contributed by atoms with E-state index in [0.29, 0.717) is 22.9 Å². The summed E-state index contributed by atoms with van der Waals surface area (Å²) in [5.41, 5.74) is 6.68. The van der Waals surface area contributed by atoms with Crippen molar-refractivity contribution in [3.63, 3.8) is 0 Å². The molecule has 0 saturated carbocycles. The van der Waals surface area contributed by atoms with E-state index in [-0.39, 0.29) is 0 Å². The third kappa shape index (κ3) is 1.94. The molecule has 0 fully saturated rings. The van der Waals surface area contributed by atoms with Gasteiger partial charge in [0, 0.05) is 6.07 Å². The highest BCUT2D eigenvalue weighted by atomic mass is 16.5. The van der Waals surface area contributed by atoms with Crippen molar-refractivity contribution < 1.29 is 9.47 Å². The smallest absolute Gasteiger partial charge is 0.178 e. The number of hydrogen-bond acceptors (Lipinski definition) is 5. The molecule has 6 heteroatoms. The predicted molar refractivity (Wildman–Crippen MR) is 65.8 cm³/mol.